The summed E-state index contributed by atoms with van der Waals surface area (Å²) >= 11 is 0. The third kappa shape index (κ3) is 3.08. The van der Waals surface area contributed by atoms with E-state index >= 15 is 0 Å². The Morgan fingerprint density at radius 3 is 2.69 bits per heavy atom. The fourth-order valence-corrected chi connectivity index (χ4v) is 4.65. The number of carbonyl (C=O) groups is 1. The maximum Gasteiger partial charge on any atom is 0.252 e. The smallest absolute Gasteiger partial charge is 0.252 e. The van der Waals surface area contributed by atoms with E-state index in [9.17, 15) is 9.59 Å². The van der Waals surface area contributed by atoms with Crippen molar-refractivity contribution in [2.45, 2.75) is 18.9 Å². The second-order valence-corrected chi connectivity index (χ2v) is 7.78. The van der Waals surface area contributed by atoms with Gasteiger partial charge < -0.3 is 15.2 Å². The molecule has 29 heavy (non-hydrogen) atoms. The van der Waals surface area contributed by atoms with E-state index < -0.39 is 5.91 Å². The summed E-state index contributed by atoms with van der Waals surface area (Å²) in [7, 11) is 0. The van der Waals surface area contributed by atoms with Crippen LogP contribution in [0.2, 0.25) is 0 Å². The van der Waals surface area contributed by atoms with Crippen LogP contribution in [0.4, 0.5) is 5.82 Å². The van der Waals surface area contributed by atoms with E-state index in [0.29, 0.717) is 30.4 Å². The number of carbonyl (C=O) groups excluding carboxylic acids is 1. The van der Waals surface area contributed by atoms with Crippen molar-refractivity contribution in [3.63, 3.8) is 0 Å². The molecule has 2 N–H and O–H groups in total. The van der Waals surface area contributed by atoms with Gasteiger partial charge in [-0.05, 0) is 42.7 Å². The van der Waals surface area contributed by atoms with E-state index in [2.05, 4.69) is 20.9 Å². The molecule has 0 spiro atoms. The van der Waals surface area contributed by atoms with E-state index in [-0.39, 0.29) is 11.5 Å². The largest absolute Gasteiger partial charge is 0.365 e. The highest BCUT2D eigenvalue weighted by Gasteiger charge is 2.36. The Hall–Kier alpha value is -3.48. The van der Waals surface area contributed by atoms with Crippen LogP contribution in [0.25, 0.3) is 11.3 Å². The van der Waals surface area contributed by atoms with E-state index in [1.165, 1.54) is 0 Å². The van der Waals surface area contributed by atoms with Crippen molar-refractivity contribution in [3.05, 3.63) is 76.5 Å². The van der Waals surface area contributed by atoms with Crippen molar-refractivity contribution in [1.29, 1.82) is 0 Å². The van der Waals surface area contributed by atoms with E-state index in [1.807, 2.05) is 22.8 Å². The number of nitrogens with two attached hydrogens (primary N) is 1. The van der Waals surface area contributed by atoms with Gasteiger partial charge in [0, 0.05) is 55.3 Å². The second-order valence-electron chi connectivity index (χ2n) is 7.78. The van der Waals surface area contributed by atoms with Crippen molar-refractivity contribution in [2.24, 2.45) is 11.7 Å². The highest BCUT2D eigenvalue weighted by Crippen LogP contribution is 2.38. The van der Waals surface area contributed by atoms with Gasteiger partial charge in [-0.2, -0.15) is 0 Å². The summed E-state index contributed by atoms with van der Waals surface area (Å²) in [5, 5.41) is 0. The average molecular weight is 387 g/mol. The predicted molar refractivity (Wildman–Crippen MR) is 110 cm³/mol. The van der Waals surface area contributed by atoms with Gasteiger partial charge in [-0.25, -0.2) is 4.98 Å². The molecular formula is C22H21N5O2. The summed E-state index contributed by atoms with van der Waals surface area (Å²) in [5.41, 5.74) is 8.67. The Kier molecular flexibility index (Phi) is 4.16. The molecule has 3 aromatic heterocycles. The fourth-order valence-electron chi connectivity index (χ4n) is 4.65. The van der Waals surface area contributed by atoms with Gasteiger partial charge >= 0.3 is 0 Å². The highest BCUT2D eigenvalue weighted by atomic mass is 16.1. The first-order valence-corrected chi connectivity index (χ1v) is 9.76. The van der Waals surface area contributed by atoms with Crippen molar-refractivity contribution < 1.29 is 4.79 Å². The molecule has 7 heteroatoms. The van der Waals surface area contributed by atoms with Crippen LogP contribution in [0.5, 0.6) is 0 Å². The number of anilines is 1. The lowest BCUT2D eigenvalue weighted by Crippen LogP contribution is -2.48. The van der Waals surface area contributed by atoms with Crippen LogP contribution >= 0.6 is 0 Å². The number of pyridine rings is 3. The van der Waals surface area contributed by atoms with Gasteiger partial charge in [0.2, 0.25) is 0 Å². The SMILES string of the molecule is NC(=O)c1cccnc1N1C[C@@H]2C[C@H](C1)c1cc(-c3ccccn3)cc(=O)n1C2. The van der Waals surface area contributed by atoms with Crippen LogP contribution in [0.3, 0.4) is 0 Å². The first-order chi connectivity index (χ1) is 14.1. The number of piperidine rings is 1. The Bertz CT molecular complexity index is 1140. The Balaban J connectivity index is 1.54. The molecule has 1 amide bonds. The number of hydrogen-bond acceptors (Lipinski definition) is 5. The molecule has 0 saturated carbocycles. The maximum atomic E-state index is 12.8. The Labute approximate surface area is 167 Å². The summed E-state index contributed by atoms with van der Waals surface area (Å²) < 4.78 is 1.90. The van der Waals surface area contributed by atoms with Crippen LogP contribution in [-0.2, 0) is 6.54 Å². The Morgan fingerprint density at radius 1 is 1.03 bits per heavy atom. The van der Waals surface area contributed by atoms with Gasteiger partial charge in [0.15, 0.2) is 0 Å². The lowest BCUT2D eigenvalue weighted by atomic mass is 9.82. The lowest BCUT2D eigenvalue weighted by Gasteiger charge is -2.43. The van der Waals surface area contributed by atoms with Gasteiger partial charge in [-0.1, -0.05) is 6.07 Å². The number of rotatable bonds is 3. The molecule has 146 valence electrons. The number of primary amides is 1. The number of hydrogen-bond donors (Lipinski definition) is 1. The van der Waals surface area contributed by atoms with Gasteiger partial charge in [0.1, 0.15) is 5.82 Å². The molecule has 1 fully saturated rings. The molecule has 5 heterocycles. The zero-order valence-corrected chi connectivity index (χ0v) is 15.9. The quantitative estimate of drug-likeness (QED) is 0.742. The van der Waals surface area contributed by atoms with Crippen molar-refractivity contribution in [3.8, 4) is 11.3 Å². The van der Waals surface area contributed by atoms with Crippen LogP contribution in [0.15, 0.2) is 59.7 Å². The van der Waals surface area contributed by atoms with Gasteiger partial charge in [0.25, 0.3) is 11.5 Å². The van der Waals surface area contributed by atoms with Gasteiger partial charge in [-0.15, -0.1) is 0 Å². The van der Waals surface area contributed by atoms with E-state index in [0.717, 1.165) is 29.9 Å². The minimum Gasteiger partial charge on any atom is -0.365 e. The van der Waals surface area contributed by atoms with Gasteiger partial charge in [-0.3, -0.25) is 14.6 Å². The molecule has 2 aliphatic rings. The standard InChI is InChI=1S/C22H21N5O2/c23-21(29)17-4-3-7-25-22(17)26-11-14-8-16(13-26)19-9-15(10-20(28)27(19)12-14)18-5-1-2-6-24-18/h1-7,9-10,14,16H,8,11-13H2,(H2,23,29)/t14-,16+/m0/s1. The van der Waals surface area contributed by atoms with Crippen molar-refractivity contribution >= 4 is 11.7 Å². The molecule has 0 unspecified atom stereocenters. The molecule has 0 aromatic carbocycles. The topological polar surface area (TPSA) is 94.1 Å². The summed E-state index contributed by atoms with van der Waals surface area (Å²) in [6, 6.07) is 12.9. The average Bonchev–Trinajstić information content (AvgIpc) is 2.75. The molecule has 5 rings (SSSR count). The molecule has 2 bridgehead atoms. The number of fused-ring (bicyclic) bond motifs is 4. The van der Waals surface area contributed by atoms with E-state index in [1.54, 1.807) is 30.6 Å². The minimum atomic E-state index is -0.474. The zero-order valence-electron chi connectivity index (χ0n) is 15.9. The lowest BCUT2D eigenvalue weighted by molar-refractivity contribution is 0.1000. The second kappa shape index (κ2) is 6.84. The maximum absolute atomic E-state index is 12.8. The minimum absolute atomic E-state index is 0.0157. The van der Waals surface area contributed by atoms with Crippen LogP contribution in [0, 0.1) is 5.92 Å². The summed E-state index contributed by atoms with van der Waals surface area (Å²) in [5.74, 6) is 0.660. The van der Waals surface area contributed by atoms with E-state index in [4.69, 9.17) is 5.73 Å². The number of nitrogens with zero attached hydrogens (tertiary/aromatic N) is 4. The molecule has 2 atom stereocenters. The molecule has 1 saturated heterocycles. The summed E-state index contributed by atoms with van der Waals surface area (Å²) in [6.07, 6.45) is 4.43. The third-order valence-corrected chi connectivity index (χ3v) is 5.87. The van der Waals surface area contributed by atoms with Crippen LogP contribution < -0.4 is 16.2 Å². The molecule has 0 aliphatic carbocycles. The molecule has 2 aliphatic heterocycles. The predicted octanol–water partition coefficient (Wildman–Crippen LogP) is 2.03. The van der Waals surface area contributed by atoms with Crippen LogP contribution in [0.1, 0.15) is 28.4 Å². The summed E-state index contributed by atoms with van der Waals surface area (Å²) in [6.45, 7) is 2.11. The van der Waals surface area contributed by atoms with Gasteiger partial charge in [0.05, 0.1) is 11.3 Å². The molecule has 3 aromatic rings. The molecule has 7 nitrogen and oxygen atoms in total. The molecule has 0 radical (unpaired) electrons. The van der Waals surface area contributed by atoms with Crippen molar-refractivity contribution in [1.82, 2.24) is 14.5 Å². The monoisotopic (exact) mass is 387 g/mol. The number of amides is 1. The first-order valence-electron chi connectivity index (χ1n) is 9.76. The summed E-state index contributed by atoms with van der Waals surface area (Å²) in [4.78, 5) is 35.7. The molecular weight excluding hydrogens is 366 g/mol. The normalized spacial score (nSPS) is 20.2. The third-order valence-electron chi connectivity index (χ3n) is 5.87. The van der Waals surface area contributed by atoms with Crippen LogP contribution in [-0.4, -0.2) is 33.5 Å². The fraction of sp³-hybridized carbons (Fsp3) is 0.273. The van der Waals surface area contributed by atoms with Crippen molar-refractivity contribution in [2.75, 3.05) is 18.0 Å². The zero-order chi connectivity index (χ0) is 20.0. The first kappa shape index (κ1) is 17.6. The Morgan fingerprint density at radius 2 is 1.90 bits per heavy atom. The highest BCUT2D eigenvalue weighted by molar-refractivity contribution is 5.97. The number of aromatic nitrogens is 3.